The summed E-state index contributed by atoms with van der Waals surface area (Å²) in [6.07, 6.45) is 0.528. The van der Waals surface area contributed by atoms with Crippen molar-refractivity contribution in [2.24, 2.45) is 5.10 Å². The SMILES string of the molecule is O=C(c1ccccc1)N1N=C(c2cc3cc4c(cc3nc2Cl)OCCO4)CC1c1ccccc1. The van der Waals surface area contributed by atoms with Gasteiger partial charge in [0, 0.05) is 29.0 Å². The maximum absolute atomic E-state index is 13.4. The van der Waals surface area contributed by atoms with Gasteiger partial charge in [0.05, 0.1) is 17.3 Å². The van der Waals surface area contributed by atoms with E-state index in [0.717, 1.165) is 10.9 Å². The molecule has 2 aliphatic heterocycles. The first-order chi connectivity index (χ1) is 16.7. The maximum Gasteiger partial charge on any atom is 0.274 e. The van der Waals surface area contributed by atoms with Crippen molar-refractivity contribution in [1.29, 1.82) is 0 Å². The molecule has 6 nitrogen and oxygen atoms in total. The predicted molar refractivity (Wildman–Crippen MR) is 131 cm³/mol. The molecule has 0 bridgehead atoms. The maximum atomic E-state index is 13.4. The molecule has 0 spiro atoms. The highest BCUT2D eigenvalue weighted by Gasteiger charge is 2.34. The minimum Gasteiger partial charge on any atom is -0.486 e. The van der Waals surface area contributed by atoms with Crippen molar-refractivity contribution in [1.82, 2.24) is 9.99 Å². The summed E-state index contributed by atoms with van der Waals surface area (Å²) >= 11 is 6.64. The van der Waals surface area contributed by atoms with E-state index >= 15 is 0 Å². The molecule has 0 fully saturated rings. The first-order valence-electron chi connectivity index (χ1n) is 11.1. The van der Waals surface area contributed by atoms with Gasteiger partial charge in [-0.05, 0) is 29.8 Å². The largest absolute Gasteiger partial charge is 0.486 e. The van der Waals surface area contributed by atoms with Gasteiger partial charge in [-0.25, -0.2) is 9.99 Å². The summed E-state index contributed by atoms with van der Waals surface area (Å²) in [4.78, 5) is 18.0. The Hall–Kier alpha value is -3.90. The van der Waals surface area contributed by atoms with Crippen molar-refractivity contribution in [3.63, 3.8) is 0 Å². The van der Waals surface area contributed by atoms with Crippen molar-refractivity contribution < 1.29 is 14.3 Å². The van der Waals surface area contributed by atoms with Crippen LogP contribution in [0.5, 0.6) is 11.5 Å². The lowest BCUT2D eigenvalue weighted by Gasteiger charge is -2.22. The van der Waals surface area contributed by atoms with E-state index in [0.29, 0.717) is 58.6 Å². The Morgan fingerprint density at radius 3 is 2.32 bits per heavy atom. The molecule has 1 amide bonds. The number of nitrogens with zero attached hydrogens (tertiary/aromatic N) is 3. The van der Waals surface area contributed by atoms with Crippen LogP contribution in [0, 0.1) is 0 Å². The smallest absolute Gasteiger partial charge is 0.274 e. The summed E-state index contributed by atoms with van der Waals surface area (Å²) < 4.78 is 11.4. The third kappa shape index (κ3) is 3.66. The molecule has 2 aliphatic rings. The van der Waals surface area contributed by atoms with Crippen LogP contribution < -0.4 is 9.47 Å². The monoisotopic (exact) mass is 469 g/mol. The van der Waals surface area contributed by atoms with Crippen molar-refractivity contribution in [2.75, 3.05) is 13.2 Å². The van der Waals surface area contributed by atoms with Crippen LogP contribution in [0.15, 0.2) is 84.0 Å². The second kappa shape index (κ2) is 8.47. The topological polar surface area (TPSA) is 64.0 Å². The Morgan fingerprint density at radius 2 is 1.59 bits per heavy atom. The summed E-state index contributed by atoms with van der Waals surface area (Å²) in [6, 6.07) is 24.6. The number of amides is 1. The Morgan fingerprint density at radius 1 is 0.912 bits per heavy atom. The van der Waals surface area contributed by atoms with Gasteiger partial charge >= 0.3 is 0 Å². The summed E-state index contributed by atoms with van der Waals surface area (Å²) in [5.74, 6) is 1.19. The van der Waals surface area contributed by atoms with Gasteiger partial charge in [0.1, 0.15) is 18.4 Å². The van der Waals surface area contributed by atoms with E-state index in [-0.39, 0.29) is 11.9 Å². The third-order valence-corrected chi connectivity index (χ3v) is 6.35. The lowest BCUT2D eigenvalue weighted by atomic mass is 9.98. The van der Waals surface area contributed by atoms with Crippen molar-refractivity contribution >= 4 is 34.1 Å². The van der Waals surface area contributed by atoms with E-state index in [1.165, 1.54) is 0 Å². The Bertz CT molecular complexity index is 1420. The van der Waals surface area contributed by atoms with Gasteiger partial charge in [0.2, 0.25) is 0 Å². The molecule has 1 atom stereocenters. The van der Waals surface area contributed by atoms with Crippen molar-refractivity contribution in [2.45, 2.75) is 12.5 Å². The lowest BCUT2D eigenvalue weighted by molar-refractivity contribution is 0.0711. The number of hydrazone groups is 1. The van der Waals surface area contributed by atoms with Gasteiger partial charge in [-0.2, -0.15) is 5.10 Å². The molecule has 0 saturated carbocycles. The Kier molecular flexibility index (Phi) is 5.15. The molecule has 3 heterocycles. The van der Waals surface area contributed by atoms with E-state index in [2.05, 4.69) is 4.98 Å². The van der Waals surface area contributed by atoms with Crippen LogP contribution in [0.2, 0.25) is 5.15 Å². The number of aromatic nitrogens is 1. The molecule has 0 radical (unpaired) electrons. The number of pyridine rings is 1. The fourth-order valence-corrected chi connectivity index (χ4v) is 4.65. The molecule has 7 heteroatoms. The molecule has 1 aromatic heterocycles. The van der Waals surface area contributed by atoms with Crippen LogP contribution in [-0.2, 0) is 0 Å². The van der Waals surface area contributed by atoms with E-state index in [1.807, 2.05) is 66.7 Å². The van der Waals surface area contributed by atoms with Crippen LogP contribution in [0.4, 0.5) is 0 Å². The average molecular weight is 470 g/mol. The van der Waals surface area contributed by atoms with E-state index in [1.54, 1.807) is 17.1 Å². The van der Waals surface area contributed by atoms with Crippen LogP contribution in [0.1, 0.15) is 33.9 Å². The number of rotatable bonds is 3. The quantitative estimate of drug-likeness (QED) is 0.364. The molecular weight excluding hydrogens is 450 g/mol. The van der Waals surface area contributed by atoms with E-state index in [9.17, 15) is 4.79 Å². The predicted octanol–water partition coefficient (Wildman–Crippen LogP) is 5.65. The highest BCUT2D eigenvalue weighted by atomic mass is 35.5. The lowest BCUT2D eigenvalue weighted by Crippen LogP contribution is -2.27. The average Bonchev–Trinajstić information content (AvgIpc) is 3.33. The number of carbonyl (C=O) groups is 1. The summed E-state index contributed by atoms with van der Waals surface area (Å²) in [5.41, 5.74) is 3.73. The zero-order valence-corrected chi connectivity index (χ0v) is 18.9. The van der Waals surface area contributed by atoms with Crippen molar-refractivity contribution in [3.8, 4) is 11.5 Å². The van der Waals surface area contributed by atoms with Gasteiger partial charge in [-0.3, -0.25) is 4.79 Å². The summed E-state index contributed by atoms with van der Waals surface area (Å²) in [5, 5.41) is 7.54. The van der Waals surface area contributed by atoms with Gasteiger partial charge in [0.25, 0.3) is 5.91 Å². The number of hydrogen-bond donors (Lipinski definition) is 0. The molecule has 0 N–H and O–H groups in total. The number of hydrogen-bond acceptors (Lipinski definition) is 5. The van der Waals surface area contributed by atoms with Crippen LogP contribution in [0.25, 0.3) is 10.9 Å². The molecule has 0 aliphatic carbocycles. The third-order valence-electron chi connectivity index (χ3n) is 6.07. The molecule has 168 valence electrons. The Balaban J connectivity index is 1.43. The number of fused-ring (bicyclic) bond motifs is 2. The molecule has 4 aromatic rings. The molecule has 0 saturated heterocycles. The van der Waals surface area contributed by atoms with Crippen molar-refractivity contribution in [3.05, 3.63) is 101 Å². The molecule has 3 aromatic carbocycles. The van der Waals surface area contributed by atoms with Gasteiger partial charge in [-0.1, -0.05) is 60.1 Å². The van der Waals surface area contributed by atoms with Crippen LogP contribution in [0.3, 0.4) is 0 Å². The number of benzene rings is 3. The normalized spacial score (nSPS) is 17.0. The summed E-state index contributed by atoms with van der Waals surface area (Å²) in [6.45, 7) is 1.02. The number of ether oxygens (including phenoxy) is 2. The second-order valence-corrected chi connectivity index (χ2v) is 8.57. The fourth-order valence-electron chi connectivity index (χ4n) is 4.40. The van der Waals surface area contributed by atoms with Crippen LogP contribution >= 0.6 is 11.6 Å². The molecule has 34 heavy (non-hydrogen) atoms. The highest BCUT2D eigenvalue weighted by molar-refractivity contribution is 6.33. The molecule has 6 rings (SSSR count). The number of carbonyl (C=O) groups excluding carboxylic acids is 1. The minimum absolute atomic E-state index is 0.158. The highest BCUT2D eigenvalue weighted by Crippen LogP contribution is 2.38. The first kappa shape index (κ1) is 20.7. The standard InChI is InChI=1S/C27H20ClN3O3/c28-26-20(13-19-14-24-25(16-21(19)29-26)34-12-11-33-24)22-15-23(17-7-3-1-4-8-17)31(30-22)27(32)18-9-5-2-6-10-18/h1-10,13-14,16,23H,11-12,15H2. The first-order valence-corrected chi connectivity index (χ1v) is 11.5. The zero-order chi connectivity index (χ0) is 23.1. The minimum atomic E-state index is -0.240. The van der Waals surface area contributed by atoms with E-state index in [4.69, 9.17) is 26.2 Å². The second-order valence-electron chi connectivity index (χ2n) is 8.21. The fraction of sp³-hybridized carbons (Fsp3) is 0.148. The van der Waals surface area contributed by atoms with Gasteiger partial charge in [-0.15, -0.1) is 0 Å². The zero-order valence-electron chi connectivity index (χ0n) is 18.1. The summed E-state index contributed by atoms with van der Waals surface area (Å²) in [7, 11) is 0. The Labute approximate surface area is 201 Å². The van der Waals surface area contributed by atoms with Crippen LogP contribution in [-0.4, -0.2) is 34.8 Å². The molecule has 1 unspecified atom stereocenters. The van der Waals surface area contributed by atoms with Gasteiger partial charge in [0.15, 0.2) is 11.5 Å². The molecular formula is C27H20ClN3O3. The number of halogens is 1. The van der Waals surface area contributed by atoms with E-state index < -0.39 is 0 Å². The van der Waals surface area contributed by atoms with Gasteiger partial charge < -0.3 is 9.47 Å².